The molecular formula is C26H32N8O4S2. The van der Waals surface area contributed by atoms with Crippen molar-refractivity contribution in [2.24, 2.45) is 0 Å². The van der Waals surface area contributed by atoms with Crippen LogP contribution in [0.4, 0.5) is 16.9 Å². The summed E-state index contributed by atoms with van der Waals surface area (Å²) in [6.45, 7) is 6.22. The van der Waals surface area contributed by atoms with Crippen molar-refractivity contribution < 1.29 is 17.9 Å². The largest absolute Gasteiger partial charge is 0.462 e. The number of nitrogens with zero attached hydrogens (tertiary/aromatic N) is 6. The second kappa shape index (κ2) is 11.5. The number of carbonyl (C=O) groups excluding carboxylic acids is 1. The van der Waals surface area contributed by atoms with Crippen molar-refractivity contribution in [3.63, 3.8) is 0 Å². The normalized spacial score (nSPS) is 14.9. The highest BCUT2D eigenvalue weighted by molar-refractivity contribution is 7.90. The molecule has 0 unspecified atom stereocenters. The molecule has 5 rings (SSSR count). The van der Waals surface area contributed by atoms with Gasteiger partial charge in [-0.1, -0.05) is 23.5 Å². The molecule has 0 atom stereocenters. The summed E-state index contributed by atoms with van der Waals surface area (Å²) in [4.78, 5) is 33.9. The van der Waals surface area contributed by atoms with Gasteiger partial charge < -0.3 is 19.5 Å². The first-order valence-electron chi connectivity index (χ1n) is 13.0. The van der Waals surface area contributed by atoms with Crippen LogP contribution in [0.25, 0.3) is 11.2 Å². The van der Waals surface area contributed by atoms with Gasteiger partial charge in [0.25, 0.3) is 0 Å². The fourth-order valence-corrected chi connectivity index (χ4v) is 6.02. The average molecular weight is 585 g/mol. The third-order valence-electron chi connectivity index (χ3n) is 6.70. The van der Waals surface area contributed by atoms with Gasteiger partial charge in [-0.15, -0.1) is 0 Å². The highest BCUT2D eigenvalue weighted by Crippen LogP contribution is 2.29. The van der Waals surface area contributed by atoms with E-state index < -0.39 is 15.8 Å². The third kappa shape index (κ3) is 6.24. The second-order valence-electron chi connectivity index (χ2n) is 9.86. The summed E-state index contributed by atoms with van der Waals surface area (Å²) < 4.78 is 30.8. The van der Waals surface area contributed by atoms with E-state index in [4.69, 9.17) is 14.7 Å². The number of likely N-dealkylation sites (tertiary alicyclic amines) is 1. The summed E-state index contributed by atoms with van der Waals surface area (Å²) in [5, 5.41) is 7.22. The lowest BCUT2D eigenvalue weighted by molar-refractivity contribution is 0.0531. The van der Waals surface area contributed by atoms with E-state index in [0.29, 0.717) is 45.2 Å². The molecule has 0 saturated carbocycles. The first-order valence-corrected chi connectivity index (χ1v) is 15.7. The molecule has 14 heteroatoms. The van der Waals surface area contributed by atoms with Gasteiger partial charge in [0.15, 0.2) is 32.0 Å². The van der Waals surface area contributed by atoms with Crippen LogP contribution in [0.3, 0.4) is 0 Å². The smallest absolute Gasteiger partial charge is 0.350 e. The van der Waals surface area contributed by atoms with Gasteiger partial charge in [0.1, 0.15) is 4.88 Å². The molecule has 0 bridgehead atoms. The number of rotatable bonds is 9. The first-order chi connectivity index (χ1) is 19.1. The van der Waals surface area contributed by atoms with E-state index in [0.717, 1.165) is 31.5 Å². The summed E-state index contributed by atoms with van der Waals surface area (Å²) in [5.41, 5.74) is 2.72. The maximum absolute atomic E-state index is 12.3. The van der Waals surface area contributed by atoms with Gasteiger partial charge in [0, 0.05) is 12.3 Å². The summed E-state index contributed by atoms with van der Waals surface area (Å²) >= 11 is 1.19. The number of thiazole rings is 1. The molecule has 1 saturated heterocycles. The highest BCUT2D eigenvalue weighted by atomic mass is 32.2. The van der Waals surface area contributed by atoms with Crippen molar-refractivity contribution in [1.82, 2.24) is 29.4 Å². The van der Waals surface area contributed by atoms with Crippen LogP contribution in [-0.2, 0) is 21.1 Å². The van der Waals surface area contributed by atoms with Crippen molar-refractivity contribution in [1.29, 1.82) is 0 Å². The van der Waals surface area contributed by atoms with E-state index in [2.05, 4.69) is 32.5 Å². The molecule has 3 aromatic heterocycles. The summed E-state index contributed by atoms with van der Waals surface area (Å²) in [6, 6.07) is 7.02. The number of fused-ring (bicyclic) bond motifs is 1. The van der Waals surface area contributed by atoms with E-state index >= 15 is 0 Å². The Hall–Kier alpha value is -3.62. The quantitative estimate of drug-likeness (QED) is 0.279. The van der Waals surface area contributed by atoms with E-state index in [1.54, 1.807) is 44.4 Å². The zero-order valence-electron chi connectivity index (χ0n) is 22.8. The van der Waals surface area contributed by atoms with Crippen molar-refractivity contribution in [3.05, 3.63) is 46.7 Å². The molecular weight excluding hydrogens is 552 g/mol. The van der Waals surface area contributed by atoms with Gasteiger partial charge in [0.05, 0.1) is 30.1 Å². The van der Waals surface area contributed by atoms with E-state index in [9.17, 15) is 13.2 Å². The molecule has 4 aromatic rings. The number of imidazole rings is 1. The lowest BCUT2D eigenvalue weighted by Gasteiger charge is -2.29. The Morgan fingerprint density at radius 1 is 1.15 bits per heavy atom. The van der Waals surface area contributed by atoms with Gasteiger partial charge in [-0.2, -0.15) is 9.97 Å². The molecule has 4 heterocycles. The Morgan fingerprint density at radius 2 is 1.88 bits per heavy atom. The molecule has 12 nitrogen and oxygen atoms in total. The second-order valence-corrected chi connectivity index (χ2v) is 12.9. The lowest BCUT2D eigenvalue weighted by Crippen LogP contribution is -2.37. The minimum Gasteiger partial charge on any atom is -0.462 e. The number of aromatic nitrogens is 5. The predicted octanol–water partition coefficient (Wildman–Crippen LogP) is 3.47. The zero-order chi connectivity index (χ0) is 28.4. The Morgan fingerprint density at radius 3 is 2.55 bits per heavy atom. The summed E-state index contributed by atoms with van der Waals surface area (Å²) in [7, 11) is -1.16. The summed E-state index contributed by atoms with van der Waals surface area (Å²) in [6.07, 6.45) is 4.86. The van der Waals surface area contributed by atoms with E-state index in [1.807, 2.05) is 4.57 Å². The number of ether oxygens (including phenoxy) is 1. The van der Waals surface area contributed by atoms with Gasteiger partial charge in [-0.3, -0.25) is 5.32 Å². The molecule has 0 amide bonds. The van der Waals surface area contributed by atoms with Crippen LogP contribution in [0.2, 0.25) is 0 Å². The third-order valence-corrected chi connectivity index (χ3v) is 8.89. The minimum atomic E-state index is -3.28. The molecule has 0 spiro atoms. The number of benzene rings is 1. The molecule has 1 fully saturated rings. The van der Waals surface area contributed by atoms with Crippen molar-refractivity contribution >= 4 is 55.2 Å². The predicted molar refractivity (Wildman–Crippen MR) is 154 cm³/mol. The van der Waals surface area contributed by atoms with Crippen molar-refractivity contribution in [2.75, 3.05) is 43.6 Å². The first kappa shape index (κ1) is 27.9. The molecule has 1 aliphatic heterocycles. The fraction of sp³-hybridized carbons (Fsp3) is 0.423. The lowest BCUT2D eigenvalue weighted by atomic mass is 10.1. The molecule has 212 valence electrons. The standard InChI is InChI=1S/C26H32N8O4S2/c1-5-38-24(35)21-16(2)28-26(39-21)32-25-30-22(29-18-10-12-33(3)13-11-18)20-23(31-25)34(15-27-20)14-17-6-8-19(9-7-17)40(4,36)37/h6-9,15,18H,5,10-14H2,1-4H3,(H2,28,29,30,31,32). The molecule has 0 aliphatic carbocycles. The van der Waals surface area contributed by atoms with Crippen LogP contribution < -0.4 is 10.6 Å². The molecule has 1 aliphatic rings. The SMILES string of the molecule is CCOC(=O)c1sc(Nc2nc(NC3CCN(C)CC3)c3ncn(Cc4ccc(S(C)(=O)=O)cc4)c3n2)nc1C. The number of esters is 1. The van der Waals surface area contributed by atoms with Crippen LogP contribution in [0.5, 0.6) is 0 Å². The number of nitrogens with one attached hydrogen (secondary N) is 2. The van der Waals surface area contributed by atoms with E-state index in [-0.39, 0.29) is 17.5 Å². The molecule has 2 N–H and O–H groups in total. The Bertz CT molecular complexity index is 1620. The van der Waals surface area contributed by atoms with Gasteiger partial charge >= 0.3 is 5.97 Å². The molecule has 1 aromatic carbocycles. The highest BCUT2D eigenvalue weighted by Gasteiger charge is 2.22. The average Bonchev–Trinajstić information content (AvgIpc) is 3.48. The maximum Gasteiger partial charge on any atom is 0.350 e. The zero-order valence-corrected chi connectivity index (χ0v) is 24.5. The fourth-order valence-electron chi connectivity index (χ4n) is 4.53. The van der Waals surface area contributed by atoms with Gasteiger partial charge in [-0.25, -0.2) is 23.2 Å². The van der Waals surface area contributed by atoms with Crippen LogP contribution in [-0.4, -0.2) is 82.8 Å². The minimum absolute atomic E-state index is 0.244. The monoisotopic (exact) mass is 584 g/mol. The maximum atomic E-state index is 12.3. The van der Waals surface area contributed by atoms with Crippen LogP contribution >= 0.6 is 11.3 Å². The number of sulfone groups is 1. The Labute approximate surface area is 236 Å². The van der Waals surface area contributed by atoms with Crippen LogP contribution in [0.1, 0.15) is 40.7 Å². The Kier molecular flexibility index (Phi) is 8.01. The number of anilines is 3. The van der Waals surface area contributed by atoms with Crippen molar-refractivity contribution in [3.8, 4) is 0 Å². The number of aryl methyl sites for hydroxylation is 1. The number of hydrogen-bond acceptors (Lipinski definition) is 12. The van der Waals surface area contributed by atoms with Gasteiger partial charge in [0.2, 0.25) is 5.95 Å². The molecule has 40 heavy (non-hydrogen) atoms. The van der Waals surface area contributed by atoms with Gasteiger partial charge in [-0.05, 0) is 64.5 Å². The van der Waals surface area contributed by atoms with Crippen LogP contribution in [0.15, 0.2) is 35.5 Å². The summed E-state index contributed by atoms with van der Waals surface area (Å²) in [5.74, 6) is 0.528. The van der Waals surface area contributed by atoms with Crippen molar-refractivity contribution in [2.45, 2.75) is 44.2 Å². The van der Waals surface area contributed by atoms with E-state index in [1.165, 1.54) is 17.6 Å². The topological polar surface area (TPSA) is 144 Å². The Balaban J connectivity index is 1.48. The number of hydrogen-bond donors (Lipinski definition) is 2. The van der Waals surface area contributed by atoms with Crippen LogP contribution in [0, 0.1) is 6.92 Å². The molecule has 0 radical (unpaired) electrons. The number of piperidine rings is 1. The number of carbonyl (C=O) groups is 1.